The number of aromatic hydroxyl groups is 1. The quantitative estimate of drug-likeness (QED) is 0.643. The second kappa shape index (κ2) is 5.10. The van der Waals surface area contributed by atoms with Crippen LogP contribution in [0.15, 0.2) is 24.3 Å². The van der Waals surface area contributed by atoms with Crippen molar-refractivity contribution < 1.29 is 36.4 Å². The average molecular weight is 296 g/mol. The van der Waals surface area contributed by atoms with Gasteiger partial charge in [0.15, 0.2) is 6.10 Å². The second-order valence-electron chi connectivity index (χ2n) is 3.60. The summed E-state index contributed by atoms with van der Waals surface area (Å²) < 4.78 is 59.7. The molecule has 0 saturated heterocycles. The van der Waals surface area contributed by atoms with Crippen LogP contribution in [0.25, 0.3) is 0 Å². The van der Waals surface area contributed by atoms with Crippen LogP contribution in [-0.4, -0.2) is 35.4 Å². The smallest absolute Gasteiger partial charge is 0.405 e. The number of alkyl halides is 2. The summed E-state index contributed by atoms with van der Waals surface area (Å²) in [7, 11) is -5.71. The van der Waals surface area contributed by atoms with Gasteiger partial charge in [-0.15, -0.1) is 0 Å². The first-order valence-electron chi connectivity index (χ1n) is 4.91. The topological polar surface area (TPSA) is 101 Å². The van der Waals surface area contributed by atoms with E-state index in [9.17, 15) is 27.1 Å². The van der Waals surface area contributed by atoms with Crippen LogP contribution in [0.4, 0.5) is 8.78 Å². The molecule has 0 aliphatic rings. The minimum absolute atomic E-state index is 0.402. The lowest BCUT2D eigenvalue weighted by Crippen LogP contribution is -2.42. The zero-order valence-electron chi connectivity index (χ0n) is 9.58. The minimum Gasteiger partial charge on any atom is -0.507 e. The number of hydrogen-bond acceptors (Lipinski definition) is 5. The lowest BCUT2D eigenvalue weighted by Gasteiger charge is -2.20. The van der Waals surface area contributed by atoms with Crippen molar-refractivity contribution in [3.05, 3.63) is 29.8 Å². The van der Waals surface area contributed by atoms with E-state index in [4.69, 9.17) is 4.55 Å². The van der Waals surface area contributed by atoms with E-state index in [1.54, 1.807) is 0 Å². The van der Waals surface area contributed by atoms with Gasteiger partial charge in [-0.1, -0.05) is 12.1 Å². The molecule has 9 heteroatoms. The van der Waals surface area contributed by atoms with Gasteiger partial charge in [-0.05, 0) is 19.1 Å². The summed E-state index contributed by atoms with van der Waals surface area (Å²) in [6.45, 7) is 0.603. The van der Waals surface area contributed by atoms with Crippen molar-refractivity contribution in [2.45, 2.75) is 18.3 Å². The molecule has 0 bridgehead atoms. The molecule has 1 unspecified atom stereocenters. The Morgan fingerprint density at radius 3 is 2.37 bits per heavy atom. The van der Waals surface area contributed by atoms with E-state index in [0.717, 1.165) is 12.1 Å². The molecule has 0 fully saturated rings. The van der Waals surface area contributed by atoms with Crippen molar-refractivity contribution in [2.75, 3.05) is 0 Å². The third-order valence-corrected chi connectivity index (χ3v) is 3.24. The summed E-state index contributed by atoms with van der Waals surface area (Å²) in [5, 5.41) is 4.65. The molecule has 106 valence electrons. The Bertz CT molecular complexity index is 583. The number of carbonyl (C=O) groups excluding carboxylic acids is 1. The van der Waals surface area contributed by atoms with Crippen LogP contribution in [0.5, 0.6) is 5.75 Å². The number of para-hydroxylation sites is 1. The summed E-state index contributed by atoms with van der Waals surface area (Å²) in [5.41, 5.74) is -0.402. The standard InChI is InChI=1S/C10H10F2O6S/c1-6(10(11,12)19(15,16)17)18-9(14)7-4-2-3-5-8(7)13/h2-6,13H,1H3,(H,15,16,17). The molecule has 19 heavy (non-hydrogen) atoms. The monoisotopic (exact) mass is 296 g/mol. The Labute approximate surface area is 107 Å². The number of phenols is 1. The Morgan fingerprint density at radius 1 is 1.37 bits per heavy atom. The number of halogens is 2. The largest absolute Gasteiger partial charge is 0.507 e. The highest BCUT2D eigenvalue weighted by atomic mass is 32.2. The van der Waals surface area contributed by atoms with Gasteiger partial charge < -0.3 is 9.84 Å². The number of ether oxygens (including phenoxy) is 1. The lowest BCUT2D eigenvalue weighted by atomic mass is 10.2. The third kappa shape index (κ3) is 3.18. The molecule has 0 aliphatic carbocycles. The highest BCUT2D eigenvalue weighted by Crippen LogP contribution is 2.28. The van der Waals surface area contributed by atoms with Crippen LogP contribution in [0, 0.1) is 0 Å². The molecule has 0 radical (unpaired) electrons. The zero-order chi connectivity index (χ0) is 14.8. The molecule has 1 aromatic rings. The van der Waals surface area contributed by atoms with Crippen molar-refractivity contribution in [2.24, 2.45) is 0 Å². The molecular formula is C10H10F2O6S. The van der Waals surface area contributed by atoms with Gasteiger partial charge in [-0.3, -0.25) is 4.55 Å². The average Bonchev–Trinajstić information content (AvgIpc) is 2.27. The molecule has 0 amide bonds. The first-order valence-corrected chi connectivity index (χ1v) is 6.35. The van der Waals surface area contributed by atoms with Gasteiger partial charge in [-0.2, -0.15) is 17.2 Å². The summed E-state index contributed by atoms with van der Waals surface area (Å²) in [4.78, 5) is 11.5. The Morgan fingerprint density at radius 2 is 1.89 bits per heavy atom. The summed E-state index contributed by atoms with van der Waals surface area (Å²) >= 11 is 0. The molecule has 1 rings (SSSR count). The van der Waals surface area contributed by atoms with E-state index in [1.165, 1.54) is 12.1 Å². The first kappa shape index (κ1) is 15.3. The van der Waals surface area contributed by atoms with Gasteiger partial charge in [0.25, 0.3) is 0 Å². The van der Waals surface area contributed by atoms with E-state index in [-0.39, 0.29) is 0 Å². The van der Waals surface area contributed by atoms with Crippen molar-refractivity contribution in [1.82, 2.24) is 0 Å². The molecule has 0 saturated carbocycles. The molecule has 6 nitrogen and oxygen atoms in total. The molecule has 1 aromatic carbocycles. The van der Waals surface area contributed by atoms with E-state index >= 15 is 0 Å². The number of benzene rings is 1. The van der Waals surface area contributed by atoms with Crippen molar-refractivity contribution in [3.63, 3.8) is 0 Å². The van der Waals surface area contributed by atoms with Crippen LogP contribution < -0.4 is 0 Å². The van der Waals surface area contributed by atoms with Gasteiger partial charge in [0.1, 0.15) is 11.3 Å². The van der Waals surface area contributed by atoms with Crippen LogP contribution >= 0.6 is 0 Å². The zero-order valence-corrected chi connectivity index (χ0v) is 10.4. The fraction of sp³-hybridized carbons (Fsp3) is 0.300. The van der Waals surface area contributed by atoms with Gasteiger partial charge in [0, 0.05) is 0 Å². The number of carbonyl (C=O) groups is 1. The Balaban J connectivity index is 2.93. The number of esters is 1. The fourth-order valence-corrected chi connectivity index (χ4v) is 1.62. The van der Waals surface area contributed by atoms with Crippen molar-refractivity contribution in [1.29, 1.82) is 0 Å². The van der Waals surface area contributed by atoms with Gasteiger partial charge in [-0.25, -0.2) is 4.79 Å². The van der Waals surface area contributed by atoms with Gasteiger partial charge in [0.05, 0.1) is 0 Å². The van der Waals surface area contributed by atoms with Crippen LogP contribution in [-0.2, 0) is 14.9 Å². The lowest BCUT2D eigenvalue weighted by molar-refractivity contribution is -0.0551. The molecule has 1 atom stereocenters. The Kier molecular flexibility index (Phi) is 4.11. The van der Waals surface area contributed by atoms with E-state index in [1.807, 2.05) is 0 Å². The number of hydrogen-bond donors (Lipinski definition) is 2. The molecule has 0 spiro atoms. The van der Waals surface area contributed by atoms with Crippen molar-refractivity contribution >= 4 is 16.1 Å². The van der Waals surface area contributed by atoms with Crippen LogP contribution in [0.2, 0.25) is 0 Å². The van der Waals surface area contributed by atoms with Crippen LogP contribution in [0.1, 0.15) is 17.3 Å². The van der Waals surface area contributed by atoms with E-state index in [2.05, 4.69) is 4.74 Å². The molecular weight excluding hydrogens is 286 g/mol. The van der Waals surface area contributed by atoms with Gasteiger partial charge in [0.2, 0.25) is 0 Å². The maximum absolute atomic E-state index is 13.1. The number of phenolic OH excluding ortho intramolecular Hbond substituents is 1. The van der Waals surface area contributed by atoms with Gasteiger partial charge >= 0.3 is 21.3 Å². The maximum Gasteiger partial charge on any atom is 0.405 e. The van der Waals surface area contributed by atoms with Crippen molar-refractivity contribution in [3.8, 4) is 5.75 Å². The van der Waals surface area contributed by atoms with Crippen LogP contribution in [0.3, 0.4) is 0 Å². The molecule has 0 heterocycles. The predicted octanol–water partition coefficient (Wildman–Crippen LogP) is 1.42. The predicted molar refractivity (Wildman–Crippen MR) is 59.5 cm³/mol. The minimum atomic E-state index is -5.71. The Hall–Kier alpha value is -1.74. The second-order valence-corrected chi connectivity index (χ2v) is 5.10. The highest BCUT2D eigenvalue weighted by Gasteiger charge is 2.52. The fourth-order valence-electron chi connectivity index (χ4n) is 1.15. The highest BCUT2D eigenvalue weighted by molar-refractivity contribution is 7.86. The van der Waals surface area contributed by atoms with E-state index < -0.39 is 38.8 Å². The maximum atomic E-state index is 13.1. The summed E-state index contributed by atoms with van der Waals surface area (Å²) in [6, 6.07) is 4.97. The SMILES string of the molecule is CC(OC(=O)c1ccccc1O)C(F)(F)S(=O)(=O)O. The normalized spacial score (nSPS) is 13.9. The molecule has 0 aliphatic heterocycles. The first-order chi connectivity index (χ1) is 8.57. The molecule has 0 aromatic heterocycles. The third-order valence-electron chi connectivity index (χ3n) is 2.22. The number of rotatable bonds is 4. The molecule has 2 N–H and O–H groups in total. The summed E-state index contributed by atoms with van der Waals surface area (Å²) in [5.74, 6) is -1.84. The van der Waals surface area contributed by atoms with E-state index in [0.29, 0.717) is 6.92 Å². The summed E-state index contributed by atoms with van der Waals surface area (Å²) in [6.07, 6.45) is -2.42.